The molecule has 0 aliphatic heterocycles. The quantitative estimate of drug-likeness (QED) is 0.402. The van der Waals surface area contributed by atoms with Crippen molar-refractivity contribution in [1.82, 2.24) is 0 Å². The second-order valence-corrected chi connectivity index (χ2v) is 5.60. The first kappa shape index (κ1) is 17.5. The molecule has 0 saturated heterocycles. The van der Waals surface area contributed by atoms with Gasteiger partial charge in [-0.3, -0.25) is 0 Å². The van der Waals surface area contributed by atoms with Crippen molar-refractivity contribution in [2.24, 2.45) is 0 Å². The Morgan fingerprint density at radius 1 is 0.731 bits per heavy atom. The highest BCUT2D eigenvalue weighted by molar-refractivity contribution is 5.50. The molecule has 0 bridgehead atoms. The van der Waals surface area contributed by atoms with E-state index >= 15 is 0 Å². The third-order valence-corrected chi connectivity index (χ3v) is 3.62. The predicted molar refractivity (Wildman–Crippen MR) is 99.9 cm³/mol. The fourth-order valence-corrected chi connectivity index (χ4v) is 2.36. The van der Waals surface area contributed by atoms with Gasteiger partial charge in [0.25, 0.3) is 0 Å². The molecule has 3 aromatic rings. The van der Waals surface area contributed by atoms with Gasteiger partial charge < -0.3 is 19.0 Å². The average Bonchev–Trinajstić information content (AvgIpc) is 2.69. The summed E-state index contributed by atoms with van der Waals surface area (Å²) in [5, 5.41) is 0. The number of hydrogen-bond donors (Lipinski definition) is 0. The van der Waals surface area contributed by atoms with Crippen LogP contribution in [0.4, 0.5) is 0 Å². The van der Waals surface area contributed by atoms with Crippen LogP contribution in [-0.2, 0) is 11.4 Å². The monoisotopic (exact) mass is 348 g/mol. The standard InChI is InChI=1S/C22H20O4/c23-14-7-15-24-22-16-20(26-19-10-5-2-6-11-19)12-13-21(22)25-17-18-8-3-1-4-9-18/h1-6,8-14,16H,7,15,17H2. The van der Waals surface area contributed by atoms with E-state index in [1.54, 1.807) is 6.07 Å². The van der Waals surface area contributed by atoms with Gasteiger partial charge in [-0.1, -0.05) is 48.5 Å². The number of rotatable bonds is 9. The van der Waals surface area contributed by atoms with Crippen molar-refractivity contribution in [3.63, 3.8) is 0 Å². The molecule has 0 radical (unpaired) electrons. The number of benzene rings is 3. The first-order valence-corrected chi connectivity index (χ1v) is 8.45. The summed E-state index contributed by atoms with van der Waals surface area (Å²) in [6.07, 6.45) is 1.15. The second-order valence-electron chi connectivity index (χ2n) is 5.60. The van der Waals surface area contributed by atoms with Crippen LogP contribution < -0.4 is 14.2 Å². The maximum atomic E-state index is 10.6. The third-order valence-electron chi connectivity index (χ3n) is 3.62. The number of carbonyl (C=O) groups is 1. The molecule has 0 fully saturated rings. The Hall–Kier alpha value is -3.27. The van der Waals surface area contributed by atoms with Gasteiger partial charge in [0.2, 0.25) is 0 Å². The molecule has 0 spiro atoms. The lowest BCUT2D eigenvalue weighted by molar-refractivity contribution is -0.108. The van der Waals surface area contributed by atoms with E-state index in [-0.39, 0.29) is 0 Å². The Morgan fingerprint density at radius 2 is 1.46 bits per heavy atom. The summed E-state index contributed by atoms with van der Waals surface area (Å²) in [7, 11) is 0. The van der Waals surface area contributed by atoms with E-state index in [1.807, 2.05) is 72.8 Å². The van der Waals surface area contributed by atoms with Crippen molar-refractivity contribution >= 4 is 6.29 Å². The summed E-state index contributed by atoms with van der Waals surface area (Å²) < 4.78 is 17.4. The van der Waals surface area contributed by atoms with Gasteiger partial charge in [-0.05, 0) is 29.8 Å². The fraction of sp³-hybridized carbons (Fsp3) is 0.136. The molecule has 4 nitrogen and oxygen atoms in total. The summed E-state index contributed by atoms with van der Waals surface area (Å²) in [6, 6.07) is 24.8. The summed E-state index contributed by atoms with van der Waals surface area (Å²) in [5.74, 6) is 2.55. The van der Waals surface area contributed by atoms with E-state index in [4.69, 9.17) is 14.2 Å². The van der Waals surface area contributed by atoms with Gasteiger partial charge in [-0.15, -0.1) is 0 Å². The van der Waals surface area contributed by atoms with Crippen molar-refractivity contribution in [1.29, 1.82) is 0 Å². The van der Waals surface area contributed by atoms with Gasteiger partial charge in [0, 0.05) is 12.5 Å². The molecule has 132 valence electrons. The minimum Gasteiger partial charge on any atom is -0.489 e. The maximum absolute atomic E-state index is 10.6. The van der Waals surface area contributed by atoms with Gasteiger partial charge in [-0.2, -0.15) is 0 Å². The van der Waals surface area contributed by atoms with Crippen molar-refractivity contribution in [3.05, 3.63) is 84.4 Å². The van der Waals surface area contributed by atoms with Crippen molar-refractivity contribution in [3.8, 4) is 23.0 Å². The molecule has 3 aromatic carbocycles. The van der Waals surface area contributed by atoms with Crippen LogP contribution in [0, 0.1) is 0 Å². The van der Waals surface area contributed by atoms with Gasteiger partial charge in [-0.25, -0.2) is 0 Å². The highest BCUT2D eigenvalue weighted by Gasteiger charge is 2.09. The van der Waals surface area contributed by atoms with Crippen LogP contribution in [0.3, 0.4) is 0 Å². The number of para-hydroxylation sites is 1. The molecular formula is C22H20O4. The van der Waals surface area contributed by atoms with Crippen molar-refractivity contribution < 1.29 is 19.0 Å². The van der Waals surface area contributed by atoms with Crippen LogP contribution in [0.1, 0.15) is 12.0 Å². The van der Waals surface area contributed by atoms with E-state index in [0.29, 0.717) is 36.9 Å². The minimum atomic E-state index is 0.292. The van der Waals surface area contributed by atoms with Crippen LogP contribution in [0.25, 0.3) is 0 Å². The van der Waals surface area contributed by atoms with E-state index in [2.05, 4.69) is 0 Å². The van der Waals surface area contributed by atoms with Gasteiger partial charge >= 0.3 is 0 Å². The highest BCUT2D eigenvalue weighted by atomic mass is 16.5. The normalized spacial score (nSPS) is 10.2. The van der Waals surface area contributed by atoms with E-state index < -0.39 is 0 Å². The zero-order valence-corrected chi connectivity index (χ0v) is 14.3. The van der Waals surface area contributed by atoms with Crippen molar-refractivity contribution in [2.75, 3.05) is 6.61 Å². The molecule has 4 heteroatoms. The Labute approximate surface area is 153 Å². The summed E-state index contributed by atoms with van der Waals surface area (Å²) in [4.78, 5) is 10.6. The molecule has 0 aliphatic carbocycles. The fourth-order valence-electron chi connectivity index (χ4n) is 2.36. The lowest BCUT2D eigenvalue weighted by atomic mass is 10.2. The zero-order chi connectivity index (χ0) is 18.0. The summed E-state index contributed by atoms with van der Waals surface area (Å²) in [6.45, 7) is 0.726. The molecular weight excluding hydrogens is 328 g/mol. The molecule has 0 unspecified atom stereocenters. The molecule has 26 heavy (non-hydrogen) atoms. The molecule has 3 rings (SSSR count). The second kappa shape index (κ2) is 9.28. The summed E-state index contributed by atoms with van der Waals surface area (Å²) >= 11 is 0. The van der Waals surface area contributed by atoms with Crippen molar-refractivity contribution in [2.45, 2.75) is 13.0 Å². The van der Waals surface area contributed by atoms with Crippen LogP contribution in [-0.4, -0.2) is 12.9 Å². The first-order chi connectivity index (χ1) is 12.8. The summed E-state index contributed by atoms with van der Waals surface area (Å²) in [5.41, 5.74) is 1.07. The average molecular weight is 348 g/mol. The molecule has 0 N–H and O–H groups in total. The van der Waals surface area contributed by atoms with E-state index in [0.717, 1.165) is 17.6 Å². The highest BCUT2D eigenvalue weighted by Crippen LogP contribution is 2.34. The van der Waals surface area contributed by atoms with Crippen LogP contribution in [0.2, 0.25) is 0 Å². The van der Waals surface area contributed by atoms with Crippen LogP contribution >= 0.6 is 0 Å². The SMILES string of the molecule is O=CCCOc1cc(Oc2ccccc2)ccc1OCc1ccccc1. The van der Waals surface area contributed by atoms with Crippen LogP contribution in [0.5, 0.6) is 23.0 Å². The molecule has 0 aromatic heterocycles. The van der Waals surface area contributed by atoms with Gasteiger partial charge in [0.05, 0.1) is 6.61 Å². The number of carbonyl (C=O) groups excluding carboxylic acids is 1. The van der Waals surface area contributed by atoms with Gasteiger partial charge in [0.1, 0.15) is 24.4 Å². The Morgan fingerprint density at radius 3 is 2.19 bits per heavy atom. The Bertz CT molecular complexity index is 816. The number of hydrogen-bond acceptors (Lipinski definition) is 4. The first-order valence-electron chi connectivity index (χ1n) is 8.45. The van der Waals surface area contributed by atoms with Gasteiger partial charge in [0.15, 0.2) is 11.5 Å². The van der Waals surface area contributed by atoms with Crippen LogP contribution in [0.15, 0.2) is 78.9 Å². The van der Waals surface area contributed by atoms with E-state index in [9.17, 15) is 4.79 Å². The maximum Gasteiger partial charge on any atom is 0.164 e. The largest absolute Gasteiger partial charge is 0.489 e. The number of aldehydes is 1. The van der Waals surface area contributed by atoms with E-state index in [1.165, 1.54) is 0 Å². The minimum absolute atomic E-state index is 0.292. The Balaban J connectivity index is 1.74. The third kappa shape index (κ3) is 5.11. The lowest BCUT2D eigenvalue weighted by Crippen LogP contribution is -2.02. The molecule has 0 aliphatic rings. The lowest BCUT2D eigenvalue weighted by Gasteiger charge is -2.14. The number of ether oxygens (including phenoxy) is 3. The topological polar surface area (TPSA) is 44.8 Å². The predicted octanol–water partition coefficient (Wildman–Crippen LogP) is 5.03. The molecule has 0 saturated carbocycles. The molecule has 0 heterocycles. The molecule has 0 amide bonds. The Kier molecular flexibility index (Phi) is 6.26. The molecule has 0 atom stereocenters. The smallest absolute Gasteiger partial charge is 0.164 e. The zero-order valence-electron chi connectivity index (χ0n) is 14.3.